The van der Waals surface area contributed by atoms with Crippen molar-refractivity contribution in [1.29, 1.82) is 0 Å². The molecule has 1 fully saturated rings. The highest BCUT2D eigenvalue weighted by molar-refractivity contribution is 7.09. The van der Waals surface area contributed by atoms with Gasteiger partial charge in [0, 0.05) is 54.1 Å². The number of benzene rings is 1. The van der Waals surface area contributed by atoms with Crippen molar-refractivity contribution in [2.75, 3.05) is 13.1 Å². The molecule has 4 rings (SSSR count). The van der Waals surface area contributed by atoms with Crippen LogP contribution in [0, 0.1) is 0 Å². The molecule has 0 unspecified atom stereocenters. The lowest BCUT2D eigenvalue weighted by atomic mass is 10.0. The fourth-order valence-corrected chi connectivity index (χ4v) is 4.16. The second kappa shape index (κ2) is 8.41. The number of likely N-dealkylation sites (tertiary alicyclic amines) is 1. The molecule has 1 aliphatic heterocycles. The van der Waals surface area contributed by atoms with E-state index in [1.54, 1.807) is 23.7 Å². The van der Waals surface area contributed by atoms with Gasteiger partial charge in [0.1, 0.15) is 6.33 Å². The van der Waals surface area contributed by atoms with Crippen LogP contribution in [0.25, 0.3) is 11.1 Å². The Labute approximate surface area is 163 Å². The van der Waals surface area contributed by atoms with Gasteiger partial charge in [0.25, 0.3) is 5.91 Å². The molecular weight excluding hydrogens is 356 g/mol. The van der Waals surface area contributed by atoms with Crippen molar-refractivity contribution in [3.63, 3.8) is 0 Å². The molecule has 0 atom stereocenters. The summed E-state index contributed by atoms with van der Waals surface area (Å²) in [4.78, 5) is 24.6. The molecule has 1 saturated heterocycles. The highest BCUT2D eigenvalue weighted by Gasteiger charge is 2.21. The summed E-state index contributed by atoms with van der Waals surface area (Å²) >= 11 is 1.80. The van der Waals surface area contributed by atoms with Crippen molar-refractivity contribution in [2.45, 2.75) is 25.4 Å². The summed E-state index contributed by atoms with van der Waals surface area (Å²) in [7, 11) is 0. The molecule has 3 aromatic rings. The number of aromatic nitrogens is 2. The standard InChI is InChI=1S/C21H22N4OS/c26-21(17-4-1-3-16(11-17)18-12-22-15-23-13-18)24-19-6-8-25(9-7-19)14-20-5-2-10-27-20/h1-5,10-13,15,19H,6-9,14H2,(H,24,26). The summed E-state index contributed by atoms with van der Waals surface area (Å²) in [6, 6.07) is 12.2. The van der Waals surface area contributed by atoms with E-state index in [2.05, 4.69) is 37.7 Å². The molecule has 1 N–H and O–H groups in total. The first-order valence-electron chi connectivity index (χ1n) is 9.19. The van der Waals surface area contributed by atoms with Gasteiger partial charge in [-0.15, -0.1) is 11.3 Å². The average molecular weight is 379 g/mol. The maximum Gasteiger partial charge on any atom is 0.251 e. The zero-order valence-electron chi connectivity index (χ0n) is 15.0. The highest BCUT2D eigenvalue weighted by atomic mass is 32.1. The molecule has 27 heavy (non-hydrogen) atoms. The third-order valence-electron chi connectivity index (χ3n) is 4.90. The van der Waals surface area contributed by atoms with E-state index >= 15 is 0 Å². The Hall–Kier alpha value is -2.57. The molecule has 0 saturated carbocycles. The molecule has 0 aliphatic carbocycles. The van der Waals surface area contributed by atoms with Gasteiger partial charge in [-0.1, -0.05) is 18.2 Å². The molecule has 1 aliphatic rings. The minimum Gasteiger partial charge on any atom is -0.349 e. The van der Waals surface area contributed by atoms with E-state index in [1.165, 1.54) is 11.2 Å². The maximum atomic E-state index is 12.7. The number of hydrogen-bond acceptors (Lipinski definition) is 5. The van der Waals surface area contributed by atoms with Gasteiger partial charge in [0.15, 0.2) is 0 Å². The van der Waals surface area contributed by atoms with Crippen LogP contribution in [-0.2, 0) is 6.54 Å². The summed E-state index contributed by atoms with van der Waals surface area (Å²) in [5.41, 5.74) is 2.54. The van der Waals surface area contributed by atoms with Crippen LogP contribution in [0.2, 0.25) is 0 Å². The van der Waals surface area contributed by atoms with Crippen LogP contribution < -0.4 is 5.32 Å². The molecule has 0 radical (unpaired) electrons. The van der Waals surface area contributed by atoms with Gasteiger partial charge in [-0.05, 0) is 42.0 Å². The van der Waals surface area contributed by atoms with Crippen LogP contribution >= 0.6 is 11.3 Å². The average Bonchev–Trinajstić information content (AvgIpc) is 3.23. The molecule has 6 heteroatoms. The number of carbonyl (C=O) groups excluding carboxylic acids is 1. The second-order valence-corrected chi connectivity index (χ2v) is 7.84. The van der Waals surface area contributed by atoms with E-state index in [-0.39, 0.29) is 11.9 Å². The van der Waals surface area contributed by atoms with Gasteiger partial charge < -0.3 is 5.32 Å². The van der Waals surface area contributed by atoms with Crippen LogP contribution in [0.15, 0.2) is 60.5 Å². The van der Waals surface area contributed by atoms with Gasteiger partial charge >= 0.3 is 0 Å². The Morgan fingerprint density at radius 2 is 1.93 bits per heavy atom. The van der Waals surface area contributed by atoms with Crippen molar-refractivity contribution >= 4 is 17.2 Å². The highest BCUT2D eigenvalue weighted by Crippen LogP contribution is 2.20. The number of nitrogens with zero attached hydrogens (tertiary/aromatic N) is 3. The van der Waals surface area contributed by atoms with Crippen molar-refractivity contribution < 1.29 is 4.79 Å². The summed E-state index contributed by atoms with van der Waals surface area (Å²) in [6.45, 7) is 3.05. The third kappa shape index (κ3) is 4.59. The largest absolute Gasteiger partial charge is 0.349 e. The Morgan fingerprint density at radius 1 is 1.11 bits per heavy atom. The molecule has 0 bridgehead atoms. The maximum absolute atomic E-state index is 12.7. The van der Waals surface area contributed by atoms with E-state index < -0.39 is 0 Å². The van der Waals surface area contributed by atoms with Gasteiger partial charge in [0.05, 0.1) is 0 Å². The van der Waals surface area contributed by atoms with Gasteiger partial charge in [0.2, 0.25) is 0 Å². The number of nitrogens with one attached hydrogen (secondary N) is 1. The Bertz CT molecular complexity index is 874. The van der Waals surface area contributed by atoms with Crippen LogP contribution in [0.1, 0.15) is 28.1 Å². The molecule has 1 aromatic carbocycles. The molecule has 0 spiro atoms. The van der Waals surface area contributed by atoms with E-state index in [0.717, 1.165) is 43.6 Å². The van der Waals surface area contributed by atoms with Crippen LogP contribution in [-0.4, -0.2) is 39.9 Å². The summed E-state index contributed by atoms with van der Waals surface area (Å²) in [6.07, 6.45) is 7.00. The predicted octanol–water partition coefficient (Wildman–Crippen LogP) is 3.60. The first-order valence-corrected chi connectivity index (χ1v) is 10.1. The monoisotopic (exact) mass is 378 g/mol. The fourth-order valence-electron chi connectivity index (χ4n) is 3.42. The third-order valence-corrected chi connectivity index (χ3v) is 5.76. The fraction of sp³-hybridized carbons (Fsp3) is 0.286. The zero-order valence-corrected chi connectivity index (χ0v) is 15.9. The van der Waals surface area contributed by atoms with E-state index in [0.29, 0.717) is 5.56 Å². The van der Waals surface area contributed by atoms with Crippen LogP contribution in [0.4, 0.5) is 0 Å². The van der Waals surface area contributed by atoms with E-state index in [1.807, 2.05) is 24.3 Å². The second-order valence-electron chi connectivity index (χ2n) is 6.81. The normalized spacial score (nSPS) is 15.6. The molecule has 1 amide bonds. The van der Waals surface area contributed by atoms with Gasteiger partial charge in [-0.25, -0.2) is 9.97 Å². The smallest absolute Gasteiger partial charge is 0.251 e. The first-order chi connectivity index (χ1) is 13.3. The topological polar surface area (TPSA) is 58.1 Å². The molecule has 3 heterocycles. The molecular formula is C21H22N4OS. The van der Waals surface area contributed by atoms with Crippen molar-refractivity contribution in [3.05, 3.63) is 70.9 Å². The lowest BCUT2D eigenvalue weighted by Crippen LogP contribution is -2.44. The van der Waals surface area contributed by atoms with Gasteiger partial charge in [-0.2, -0.15) is 0 Å². The van der Waals surface area contributed by atoms with Crippen LogP contribution in [0.3, 0.4) is 0 Å². The van der Waals surface area contributed by atoms with E-state index in [4.69, 9.17) is 0 Å². The quantitative estimate of drug-likeness (QED) is 0.737. The van der Waals surface area contributed by atoms with E-state index in [9.17, 15) is 4.79 Å². The Kier molecular flexibility index (Phi) is 5.55. The Morgan fingerprint density at radius 3 is 2.67 bits per heavy atom. The molecule has 138 valence electrons. The number of amides is 1. The van der Waals surface area contributed by atoms with Crippen molar-refractivity contribution in [2.24, 2.45) is 0 Å². The summed E-state index contributed by atoms with van der Waals surface area (Å²) in [5.74, 6) is -0.00888. The number of thiophene rings is 1. The Balaban J connectivity index is 1.33. The number of piperidine rings is 1. The van der Waals surface area contributed by atoms with Gasteiger partial charge in [-0.3, -0.25) is 9.69 Å². The van der Waals surface area contributed by atoms with Crippen molar-refractivity contribution in [3.8, 4) is 11.1 Å². The minimum absolute atomic E-state index is 0.00888. The van der Waals surface area contributed by atoms with Crippen molar-refractivity contribution in [1.82, 2.24) is 20.2 Å². The lowest BCUT2D eigenvalue weighted by Gasteiger charge is -2.32. The zero-order chi connectivity index (χ0) is 18.5. The summed E-state index contributed by atoms with van der Waals surface area (Å²) in [5, 5.41) is 5.32. The molecule has 5 nitrogen and oxygen atoms in total. The molecule has 2 aromatic heterocycles. The van der Waals surface area contributed by atoms with Crippen LogP contribution in [0.5, 0.6) is 0 Å². The minimum atomic E-state index is -0.00888. The predicted molar refractivity (Wildman–Crippen MR) is 108 cm³/mol. The summed E-state index contributed by atoms with van der Waals surface area (Å²) < 4.78 is 0. The number of carbonyl (C=O) groups is 1. The number of rotatable bonds is 5. The SMILES string of the molecule is O=C(NC1CCN(Cc2cccs2)CC1)c1cccc(-c2cncnc2)c1. The number of hydrogen-bond donors (Lipinski definition) is 1. The first kappa shape index (κ1) is 17.8. The lowest BCUT2D eigenvalue weighted by molar-refractivity contribution is 0.0909.